The highest BCUT2D eigenvalue weighted by Gasteiger charge is 2.10. The molecule has 0 bridgehead atoms. The van der Waals surface area contributed by atoms with E-state index in [0.29, 0.717) is 11.5 Å². The number of hydrogen-bond donors (Lipinski definition) is 1. The van der Waals surface area contributed by atoms with E-state index in [9.17, 15) is 10.1 Å². The molecule has 1 aromatic heterocycles. The minimum atomic E-state index is -0.444. The van der Waals surface area contributed by atoms with Gasteiger partial charge in [0.15, 0.2) is 5.76 Å². The third-order valence-corrected chi connectivity index (χ3v) is 3.31. The van der Waals surface area contributed by atoms with E-state index in [1.54, 1.807) is 18.2 Å². The lowest BCUT2D eigenvalue weighted by Crippen LogP contribution is -1.87. The smallest absolute Gasteiger partial charge is 0.269 e. The molecule has 0 saturated heterocycles. The fourth-order valence-corrected chi connectivity index (χ4v) is 2.08. The van der Waals surface area contributed by atoms with Crippen LogP contribution in [0, 0.1) is 10.1 Å². The normalized spacial score (nSPS) is 10.6. The molecule has 0 saturated carbocycles. The van der Waals surface area contributed by atoms with Gasteiger partial charge < -0.3 is 9.63 Å². The van der Waals surface area contributed by atoms with Gasteiger partial charge in [-0.15, -0.1) is 0 Å². The maximum Gasteiger partial charge on any atom is 0.269 e. The molecule has 0 aliphatic rings. The molecule has 0 radical (unpaired) electrons. The number of hydrogen-bond acceptors (Lipinski definition) is 5. The van der Waals surface area contributed by atoms with Crippen molar-refractivity contribution in [1.29, 1.82) is 0 Å². The fraction of sp³-hybridized carbons (Fsp3) is 0.0625. The Hall–Kier alpha value is -2.99. The number of nitro benzene ring substituents is 1. The van der Waals surface area contributed by atoms with Crippen LogP contribution in [-0.4, -0.2) is 15.2 Å². The van der Waals surface area contributed by atoms with E-state index >= 15 is 0 Å². The lowest BCUT2D eigenvalue weighted by molar-refractivity contribution is -0.384. The molecule has 0 aliphatic carbocycles. The molecular formula is C16H12N2O4. The molecule has 3 aromatic rings. The quantitative estimate of drug-likeness (QED) is 0.588. The van der Waals surface area contributed by atoms with Crippen molar-refractivity contribution in [2.75, 3.05) is 0 Å². The second-order valence-corrected chi connectivity index (χ2v) is 4.74. The first-order valence-corrected chi connectivity index (χ1v) is 6.59. The van der Waals surface area contributed by atoms with Crippen molar-refractivity contribution in [1.82, 2.24) is 5.16 Å². The van der Waals surface area contributed by atoms with Gasteiger partial charge in [0.2, 0.25) is 0 Å². The third kappa shape index (κ3) is 2.72. The second kappa shape index (κ2) is 5.79. The topological polar surface area (TPSA) is 89.4 Å². The van der Waals surface area contributed by atoms with Gasteiger partial charge in [0.1, 0.15) is 5.69 Å². The van der Waals surface area contributed by atoms with Gasteiger partial charge in [-0.25, -0.2) is 0 Å². The lowest BCUT2D eigenvalue weighted by Gasteiger charge is -1.97. The summed E-state index contributed by atoms with van der Waals surface area (Å²) in [5, 5.41) is 23.7. The van der Waals surface area contributed by atoms with Gasteiger partial charge in [0.05, 0.1) is 11.5 Å². The Bertz CT molecular complexity index is 792. The summed E-state index contributed by atoms with van der Waals surface area (Å²) in [4.78, 5) is 10.2. The molecule has 0 unspecified atom stereocenters. The van der Waals surface area contributed by atoms with Crippen LogP contribution >= 0.6 is 0 Å². The van der Waals surface area contributed by atoms with Crippen LogP contribution in [0.3, 0.4) is 0 Å². The van der Waals surface area contributed by atoms with Crippen LogP contribution < -0.4 is 0 Å². The van der Waals surface area contributed by atoms with Crippen LogP contribution in [0.1, 0.15) is 5.56 Å². The number of rotatable bonds is 4. The van der Waals surface area contributed by atoms with Gasteiger partial charge in [0, 0.05) is 29.3 Å². The first-order chi connectivity index (χ1) is 10.7. The van der Waals surface area contributed by atoms with Crippen LogP contribution in [0.5, 0.6) is 0 Å². The van der Waals surface area contributed by atoms with Gasteiger partial charge in [-0.05, 0) is 17.7 Å². The van der Waals surface area contributed by atoms with Crippen LogP contribution in [0.25, 0.3) is 22.6 Å². The summed E-state index contributed by atoms with van der Waals surface area (Å²) in [6.45, 7) is -0.00920. The highest BCUT2D eigenvalue weighted by atomic mass is 16.6. The number of aromatic nitrogens is 1. The second-order valence-electron chi connectivity index (χ2n) is 4.74. The average Bonchev–Trinajstić information content (AvgIpc) is 3.05. The van der Waals surface area contributed by atoms with Gasteiger partial charge >= 0.3 is 0 Å². The number of non-ortho nitro benzene ring substituents is 1. The van der Waals surface area contributed by atoms with E-state index in [0.717, 1.165) is 16.7 Å². The Morgan fingerprint density at radius 3 is 2.27 bits per heavy atom. The van der Waals surface area contributed by atoms with Gasteiger partial charge in [-0.1, -0.05) is 29.4 Å². The lowest BCUT2D eigenvalue weighted by atomic mass is 10.1. The molecule has 0 aliphatic heterocycles. The predicted molar refractivity (Wildman–Crippen MR) is 80.0 cm³/mol. The molecule has 1 heterocycles. The molecule has 6 heteroatoms. The van der Waals surface area contributed by atoms with Crippen molar-refractivity contribution in [2.24, 2.45) is 0 Å². The molecule has 1 N–H and O–H groups in total. The maximum absolute atomic E-state index is 10.6. The Labute approximate surface area is 125 Å². The van der Waals surface area contributed by atoms with E-state index < -0.39 is 4.92 Å². The van der Waals surface area contributed by atoms with E-state index in [1.807, 2.05) is 24.3 Å². The summed E-state index contributed by atoms with van der Waals surface area (Å²) in [7, 11) is 0. The van der Waals surface area contributed by atoms with E-state index in [2.05, 4.69) is 5.16 Å². The molecular weight excluding hydrogens is 284 g/mol. The molecule has 22 heavy (non-hydrogen) atoms. The summed E-state index contributed by atoms with van der Waals surface area (Å²) in [6, 6.07) is 15.2. The molecule has 0 amide bonds. The average molecular weight is 296 g/mol. The Kier molecular flexibility index (Phi) is 3.67. The zero-order chi connectivity index (χ0) is 15.5. The Balaban J connectivity index is 1.87. The number of aliphatic hydroxyl groups is 1. The summed E-state index contributed by atoms with van der Waals surface area (Å²) in [5.74, 6) is 0.595. The number of nitro groups is 1. The molecule has 6 nitrogen and oxygen atoms in total. The monoisotopic (exact) mass is 296 g/mol. The zero-order valence-electron chi connectivity index (χ0n) is 11.5. The van der Waals surface area contributed by atoms with Crippen molar-refractivity contribution in [3.05, 3.63) is 70.3 Å². The van der Waals surface area contributed by atoms with Crippen LogP contribution in [0.15, 0.2) is 59.1 Å². The van der Waals surface area contributed by atoms with E-state index in [-0.39, 0.29) is 12.3 Å². The van der Waals surface area contributed by atoms with Crippen molar-refractivity contribution >= 4 is 5.69 Å². The Morgan fingerprint density at radius 1 is 1.05 bits per heavy atom. The van der Waals surface area contributed by atoms with Crippen molar-refractivity contribution < 1.29 is 14.6 Å². The SMILES string of the molecule is O=[N+]([O-])c1ccc(-c2cc(-c3ccc(CO)cc3)on2)cc1. The molecule has 0 spiro atoms. The van der Waals surface area contributed by atoms with Gasteiger partial charge in [0.25, 0.3) is 5.69 Å². The molecule has 110 valence electrons. The highest BCUT2D eigenvalue weighted by molar-refractivity contribution is 5.67. The highest BCUT2D eigenvalue weighted by Crippen LogP contribution is 2.27. The summed E-state index contributed by atoms with van der Waals surface area (Å²) >= 11 is 0. The number of aliphatic hydroxyl groups excluding tert-OH is 1. The van der Waals surface area contributed by atoms with Gasteiger partial charge in [-0.3, -0.25) is 10.1 Å². The zero-order valence-corrected chi connectivity index (χ0v) is 11.5. The number of nitrogens with zero attached hydrogens (tertiary/aromatic N) is 2. The fourth-order valence-electron chi connectivity index (χ4n) is 2.08. The Morgan fingerprint density at radius 2 is 1.68 bits per heavy atom. The minimum absolute atomic E-state index is 0.00920. The van der Waals surface area contributed by atoms with Crippen molar-refractivity contribution in [2.45, 2.75) is 6.61 Å². The first-order valence-electron chi connectivity index (χ1n) is 6.59. The van der Waals surface area contributed by atoms with E-state index in [4.69, 9.17) is 9.63 Å². The largest absolute Gasteiger partial charge is 0.392 e. The molecule has 0 fully saturated rings. The van der Waals surface area contributed by atoms with Crippen LogP contribution in [0.4, 0.5) is 5.69 Å². The van der Waals surface area contributed by atoms with E-state index in [1.165, 1.54) is 12.1 Å². The standard InChI is InChI=1S/C16H12N2O4/c19-10-11-1-3-13(4-2-11)16-9-15(17-22-16)12-5-7-14(8-6-12)18(20)21/h1-9,19H,10H2. The summed E-state index contributed by atoms with van der Waals surface area (Å²) in [6.07, 6.45) is 0. The number of benzene rings is 2. The van der Waals surface area contributed by atoms with Gasteiger partial charge in [-0.2, -0.15) is 0 Å². The third-order valence-electron chi connectivity index (χ3n) is 3.31. The first kappa shape index (κ1) is 14.0. The predicted octanol–water partition coefficient (Wildman–Crippen LogP) is 3.41. The van der Waals surface area contributed by atoms with Crippen LogP contribution in [0.2, 0.25) is 0 Å². The maximum atomic E-state index is 10.6. The van der Waals surface area contributed by atoms with Crippen molar-refractivity contribution in [3.63, 3.8) is 0 Å². The molecule has 0 atom stereocenters. The van der Waals surface area contributed by atoms with Crippen molar-refractivity contribution in [3.8, 4) is 22.6 Å². The summed E-state index contributed by atoms with van der Waals surface area (Å²) in [5.41, 5.74) is 3.05. The molecule has 2 aromatic carbocycles. The molecule has 3 rings (SSSR count). The van der Waals surface area contributed by atoms with Crippen LogP contribution in [-0.2, 0) is 6.61 Å². The summed E-state index contributed by atoms with van der Waals surface area (Å²) < 4.78 is 5.31. The minimum Gasteiger partial charge on any atom is -0.392 e.